The number of fused-ring (bicyclic) bond motifs is 2. The van der Waals surface area contributed by atoms with Gasteiger partial charge in [-0.05, 0) is 38.1 Å². The third-order valence-electron chi connectivity index (χ3n) is 5.44. The lowest BCUT2D eigenvalue weighted by atomic mass is 10.1. The molecule has 0 amide bonds. The molecule has 9 heteroatoms. The fraction of sp³-hybridized carbons (Fsp3) is 0.318. The third-order valence-corrected chi connectivity index (χ3v) is 7.77. The summed E-state index contributed by atoms with van der Waals surface area (Å²) in [4.78, 5) is 17.6. The lowest BCUT2D eigenvalue weighted by Gasteiger charge is -2.29. The number of aromatic nitrogens is 1. The molecule has 164 valence electrons. The van der Waals surface area contributed by atoms with Gasteiger partial charge >= 0.3 is 0 Å². The Morgan fingerprint density at radius 1 is 1.23 bits per heavy atom. The van der Waals surface area contributed by atoms with Crippen LogP contribution in [0.1, 0.15) is 19.4 Å². The number of hydrogen-bond acceptors (Lipinski definition) is 5. The lowest BCUT2D eigenvalue weighted by Crippen LogP contribution is -2.38. The zero-order chi connectivity index (χ0) is 22.3. The summed E-state index contributed by atoms with van der Waals surface area (Å²) < 4.78 is 34.0. The maximum Gasteiger partial charge on any atom is 0.253 e. The molecule has 4 rings (SSSR count). The monoisotopic (exact) mass is 461 g/mol. The highest BCUT2D eigenvalue weighted by Gasteiger charge is 2.30. The summed E-state index contributed by atoms with van der Waals surface area (Å²) in [6.07, 6.45) is 0. The van der Waals surface area contributed by atoms with Crippen LogP contribution in [0.5, 0.6) is 5.75 Å². The van der Waals surface area contributed by atoms with Crippen LogP contribution in [-0.2, 0) is 16.6 Å². The number of hydrogen-bond donors (Lipinski definition) is 1. The van der Waals surface area contributed by atoms with E-state index in [1.807, 2.05) is 18.0 Å². The zero-order valence-electron chi connectivity index (χ0n) is 17.6. The topological polar surface area (TPSA) is 82.7 Å². The van der Waals surface area contributed by atoms with E-state index >= 15 is 0 Å². The fourth-order valence-corrected chi connectivity index (χ4v) is 5.56. The van der Waals surface area contributed by atoms with Crippen molar-refractivity contribution in [3.05, 3.63) is 63.4 Å². The quantitative estimate of drug-likeness (QED) is 0.627. The van der Waals surface area contributed by atoms with Gasteiger partial charge in [-0.15, -0.1) is 0 Å². The van der Waals surface area contributed by atoms with Gasteiger partial charge in [0.2, 0.25) is 10.0 Å². The van der Waals surface area contributed by atoms with E-state index in [2.05, 4.69) is 4.98 Å². The number of nitrogens with zero attached hydrogens (tertiary/aromatic N) is 2. The number of sulfonamides is 1. The minimum atomic E-state index is -3.87. The van der Waals surface area contributed by atoms with E-state index in [1.54, 1.807) is 50.2 Å². The summed E-state index contributed by atoms with van der Waals surface area (Å²) in [5.41, 5.74) is 1.37. The zero-order valence-corrected chi connectivity index (χ0v) is 19.1. The molecule has 1 aliphatic heterocycles. The molecular formula is C22H24ClN3O4S. The van der Waals surface area contributed by atoms with Crippen LogP contribution < -0.4 is 15.2 Å². The molecular weight excluding hydrogens is 438 g/mol. The number of anilines is 1. The summed E-state index contributed by atoms with van der Waals surface area (Å²) in [5.74, 6) is 0.539. The summed E-state index contributed by atoms with van der Waals surface area (Å²) in [6.45, 7) is 4.75. The smallest absolute Gasteiger partial charge is 0.253 e. The van der Waals surface area contributed by atoms with Gasteiger partial charge in [0, 0.05) is 36.7 Å². The van der Waals surface area contributed by atoms with Crippen LogP contribution in [0.25, 0.3) is 10.9 Å². The first-order valence-corrected chi connectivity index (χ1v) is 11.8. The first kappa shape index (κ1) is 21.7. The van der Waals surface area contributed by atoms with E-state index in [4.69, 9.17) is 16.3 Å². The van der Waals surface area contributed by atoms with Gasteiger partial charge in [-0.25, -0.2) is 8.42 Å². The Hall–Kier alpha value is -2.55. The van der Waals surface area contributed by atoms with E-state index in [1.165, 1.54) is 4.31 Å². The Morgan fingerprint density at radius 3 is 2.74 bits per heavy atom. The molecule has 2 heterocycles. The Balaban J connectivity index is 1.73. The summed E-state index contributed by atoms with van der Waals surface area (Å²) in [6, 6.07) is 11.5. The number of aromatic amines is 1. The average molecular weight is 462 g/mol. The summed E-state index contributed by atoms with van der Waals surface area (Å²) in [5, 5.41) is 1.18. The van der Waals surface area contributed by atoms with Crippen molar-refractivity contribution in [3.8, 4) is 5.75 Å². The molecule has 0 radical (unpaired) electrons. The minimum absolute atomic E-state index is 0.0599. The molecule has 0 unspecified atom stereocenters. The largest absolute Gasteiger partial charge is 0.490 e. The van der Waals surface area contributed by atoms with Gasteiger partial charge in [-0.1, -0.05) is 23.7 Å². The number of likely N-dealkylation sites (N-methyl/N-ethyl adjacent to an activating group) is 1. The second kappa shape index (κ2) is 8.18. The van der Waals surface area contributed by atoms with E-state index in [0.29, 0.717) is 28.5 Å². The fourth-order valence-electron chi connectivity index (χ4n) is 3.70. The van der Waals surface area contributed by atoms with Crippen LogP contribution in [0, 0.1) is 0 Å². The highest BCUT2D eigenvalue weighted by Crippen LogP contribution is 2.34. The van der Waals surface area contributed by atoms with E-state index in [0.717, 1.165) is 17.6 Å². The lowest BCUT2D eigenvalue weighted by molar-refractivity contribution is 0.309. The van der Waals surface area contributed by atoms with Crippen molar-refractivity contribution in [2.24, 2.45) is 0 Å². The van der Waals surface area contributed by atoms with Crippen molar-refractivity contribution in [2.45, 2.75) is 31.3 Å². The van der Waals surface area contributed by atoms with Crippen molar-refractivity contribution in [1.82, 2.24) is 9.29 Å². The van der Waals surface area contributed by atoms with Gasteiger partial charge in [0.1, 0.15) is 12.4 Å². The third kappa shape index (κ3) is 4.03. The molecule has 0 atom stereocenters. The number of benzene rings is 2. The predicted molar refractivity (Wildman–Crippen MR) is 123 cm³/mol. The molecule has 7 nitrogen and oxygen atoms in total. The van der Waals surface area contributed by atoms with Crippen LogP contribution >= 0.6 is 11.6 Å². The van der Waals surface area contributed by atoms with Gasteiger partial charge in [0.15, 0.2) is 0 Å². The van der Waals surface area contributed by atoms with E-state index in [9.17, 15) is 13.2 Å². The molecule has 31 heavy (non-hydrogen) atoms. The Morgan fingerprint density at radius 2 is 2.00 bits per heavy atom. The van der Waals surface area contributed by atoms with Gasteiger partial charge in [-0.2, -0.15) is 4.31 Å². The summed E-state index contributed by atoms with van der Waals surface area (Å²) >= 11 is 6.17. The predicted octanol–water partition coefficient (Wildman–Crippen LogP) is 3.61. The second-order valence-corrected chi connectivity index (χ2v) is 10.2. The van der Waals surface area contributed by atoms with E-state index in [-0.39, 0.29) is 23.0 Å². The van der Waals surface area contributed by atoms with Crippen molar-refractivity contribution < 1.29 is 13.2 Å². The second-order valence-electron chi connectivity index (χ2n) is 7.87. The van der Waals surface area contributed by atoms with Crippen molar-refractivity contribution >= 4 is 38.2 Å². The van der Waals surface area contributed by atoms with Crippen LogP contribution in [0.15, 0.2) is 52.2 Å². The van der Waals surface area contributed by atoms with Crippen molar-refractivity contribution in [2.75, 3.05) is 25.1 Å². The van der Waals surface area contributed by atoms with Gasteiger partial charge in [0.25, 0.3) is 5.56 Å². The molecule has 0 aliphatic carbocycles. The van der Waals surface area contributed by atoms with Crippen LogP contribution in [0.4, 0.5) is 5.69 Å². The average Bonchev–Trinajstić information content (AvgIpc) is 2.72. The number of halogens is 1. The molecule has 0 saturated heterocycles. The highest BCUT2D eigenvalue weighted by atomic mass is 35.5. The van der Waals surface area contributed by atoms with Crippen LogP contribution in [0.2, 0.25) is 5.02 Å². The Labute approximate surface area is 186 Å². The standard InChI is InChI=1S/C22H24ClN3O4S/c1-14(2)26(13-16-11-15-5-4-6-18(23)21(15)24-22(16)27)31(28,29)17-7-8-19-20(12-17)30-10-9-25(19)3/h4-8,11-12,14H,9-10,13H2,1-3H3,(H,24,27). The normalized spacial score (nSPS) is 14.2. The first-order chi connectivity index (χ1) is 14.7. The van der Waals surface area contributed by atoms with Crippen molar-refractivity contribution in [1.29, 1.82) is 0 Å². The molecule has 1 N–H and O–H groups in total. The molecule has 0 spiro atoms. The number of rotatable bonds is 5. The van der Waals surface area contributed by atoms with Crippen LogP contribution in [-0.4, -0.2) is 43.9 Å². The van der Waals surface area contributed by atoms with Gasteiger partial charge in [0.05, 0.1) is 27.7 Å². The van der Waals surface area contributed by atoms with Crippen molar-refractivity contribution in [3.63, 3.8) is 0 Å². The van der Waals surface area contributed by atoms with Gasteiger partial charge < -0.3 is 14.6 Å². The Bertz CT molecular complexity index is 1300. The van der Waals surface area contributed by atoms with E-state index < -0.39 is 10.0 Å². The maximum absolute atomic E-state index is 13.5. The number of para-hydroxylation sites is 1. The maximum atomic E-state index is 13.5. The first-order valence-electron chi connectivity index (χ1n) is 9.99. The van der Waals surface area contributed by atoms with Crippen LogP contribution in [0.3, 0.4) is 0 Å². The molecule has 2 aromatic carbocycles. The molecule has 0 fully saturated rings. The minimum Gasteiger partial charge on any atom is -0.490 e. The number of H-pyrrole nitrogens is 1. The molecule has 1 aliphatic rings. The SMILES string of the molecule is CC(C)N(Cc1cc2cccc(Cl)c2[nH]c1=O)S(=O)(=O)c1ccc2c(c1)OCCN2C. The number of nitrogens with one attached hydrogen (secondary N) is 1. The molecule has 0 saturated carbocycles. The molecule has 1 aromatic heterocycles. The van der Waals surface area contributed by atoms with Gasteiger partial charge in [-0.3, -0.25) is 4.79 Å². The highest BCUT2D eigenvalue weighted by molar-refractivity contribution is 7.89. The Kier molecular flexibility index (Phi) is 5.72. The number of ether oxygens (including phenoxy) is 1. The number of pyridine rings is 1. The molecule has 0 bridgehead atoms. The molecule has 3 aromatic rings. The summed E-state index contributed by atoms with van der Waals surface area (Å²) in [7, 11) is -1.93.